The quantitative estimate of drug-likeness (QED) is 0.527. The highest BCUT2D eigenvalue weighted by molar-refractivity contribution is 8.00. The lowest BCUT2D eigenvalue weighted by Gasteiger charge is -2.18. The summed E-state index contributed by atoms with van der Waals surface area (Å²) in [6.07, 6.45) is 1.21. The van der Waals surface area contributed by atoms with Gasteiger partial charge in [-0.15, -0.1) is 0 Å². The van der Waals surface area contributed by atoms with Gasteiger partial charge >= 0.3 is 5.51 Å². The van der Waals surface area contributed by atoms with Crippen molar-refractivity contribution in [2.24, 2.45) is 0 Å². The Balaban J connectivity index is 1.85. The molecule has 0 aromatic heterocycles. The van der Waals surface area contributed by atoms with Gasteiger partial charge in [0, 0.05) is 11.8 Å². The Morgan fingerprint density at radius 3 is 2.25 bits per heavy atom. The summed E-state index contributed by atoms with van der Waals surface area (Å²) < 4.78 is 70.4. The number of methoxy groups -OCH3 is 1. The summed E-state index contributed by atoms with van der Waals surface area (Å²) in [5.41, 5.74) is -3.71. The Morgan fingerprint density at radius 1 is 1.04 bits per heavy atom. The van der Waals surface area contributed by atoms with Gasteiger partial charge in [-0.3, -0.25) is 0 Å². The summed E-state index contributed by atoms with van der Waals surface area (Å²) in [6.45, 7) is 0.159. The SMILES string of the molecule is COc1ccc(S(=O)(=O)NCCCCC(SC(F)(F)F)c2ccccc2)cc1. The number of thioether (sulfide) groups is 1. The van der Waals surface area contributed by atoms with Crippen molar-refractivity contribution in [1.29, 1.82) is 0 Å². The van der Waals surface area contributed by atoms with Crippen molar-refractivity contribution in [1.82, 2.24) is 4.72 Å². The zero-order valence-electron chi connectivity index (χ0n) is 15.3. The third-order valence-corrected chi connectivity index (χ3v) is 6.54. The second-order valence-corrected chi connectivity index (χ2v) is 9.07. The highest BCUT2D eigenvalue weighted by Gasteiger charge is 2.33. The number of unbranched alkanes of at least 4 members (excludes halogenated alkanes) is 1. The van der Waals surface area contributed by atoms with Crippen LogP contribution in [-0.2, 0) is 10.0 Å². The highest BCUT2D eigenvalue weighted by atomic mass is 32.2. The number of halogens is 3. The van der Waals surface area contributed by atoms with E-state index < -0.39 is 20.8 Å². The van der Waals surface area contributed by atoms with Crippen molar-refractivity contribution in [3.8, 4) is 5.75 Å². The van der Waals surface area contributed by atoms with E-state index in [0.717, 1.165) is 0 Å². The van der Waals surface area contributed by atoms with Crippen LogP contribution < -0.4 is 9.46 Å². The molecule has 0 saturated heterocycles. The van der Waals surface area contributed by atoms with Crippen LogP contribution in [0.3, 0.4) is 0 Å². The summed E-state index contributed by atoms with van der Waals surface area (Å²) in [4.78, 5) is 0.114. The molecule has 0 bridgehead atoms. The van der Waals surface area contributed by atoms with E-state index in [9.17, 15) is 21.6 Å². The lowest BCUT2D eigenvalue weighted by molar-refractivity contribution is -0.0334. The van der Waals surface area contributed by atoms with Crippen LogP contribution >= 0.6 is 11.8 Å². The van der Waals surface area contributed by atoms with E-state index >= 15 is 0 Å². The molecule has 0 fully saturated rings. The van der Waals surface area contributed by atoms with Crippen molar-refractivity contribution < 1.29 is 26.3 Å². The number of ether oxygens (including phenoxy) is 1. The second-order valence-electron chi connectivity index (χ2n) is 6.03. The van der Waals surface area contributed by atoms with Gasteiger partial charge in [0.05, 0.1) is 12.0 Å². The molecule has 1 N–H and O–H groups in total. The Morgan fingerprint density at radius 2 is 1.68 bits per heavy atom. The molecular weight excluding hydrogens is 411 g/mol. The first-order valence-corrected chi connectivity index (χ1v) is 11.0. The largest absolute Gasteiger partial charge is 0.497 e. The molecule has 1 unspecified atom stereocenters. The maximum atomic E-state index is 12.8. The molecule has 2 rings (SSSR count). The molecule has 0 heterocycles. The minimum absolute atomic E-state index is 0.0316. The molecule has 154 valence electrons. The van der Waals surface area contributed by atoms with E-state index in [2.05, 4.69) is 4.72 Å². The number of nitrogens with one attached hydrogen (secondary N) is 1. The minimum atomic E-state index is -4.32. The monoisotopic (exact) mass is 433 g/mol. The zero-order valence-corrected chi connectivity index (χ0v) is 16.9. The number of hydrogen-bond acceptors (Lipinski definition) is 4. The Hall–Kier alpha value is -1.71. The number of rotatable bonds is 10. The predicted octanol–water partition coefficient (Wildman–Crippen LogP) is 5.14. The lowest BCUT2D eigenvalue weighted by atomic mass is 10.1. The maximum Gasteiger partial charge on any atom is 0.442 e. The van der Waals surface area contributed by atoms with Gasteiger partial charge in [-0.2, -0.15) is 13.2 Å². The second kappa shape index (κ2) is 10.2. The van der Waals surface area contributed by atoms with E-state index in [1.54, 1.807) is 42.5 Å². The van der Waals surface area contributed by atoms with Crippen LogP contribution in [0.5, 0.6) is 5.75 Å². The van der Waals surface area contributed by atoms with Crippen LogP contribution in [0, 0.1) is 0 Å². The van der Waals surface area contributed by atoms with E-state index in [1.807, 2.05) is 0 Å². The lowest BCUT2D eigenvalue weighted by Crippen LogP contribution is -2.24. The molecule has 2 aromatic rings. The average molecular weight is 434 g/mol. The van der Waals surface area contributed by atoms with Crippen LogP contribution in [0.25, 0.3) is 0 Å². The third kappa shape index (κ3) is 7.37. The van der Waals surface area contributed by atoms with Gasteiger partial charge in [0.1, 0.15) is 5.75 Å². The van der Waals surface area contributed by atoms with Crippen LogP contribution in [-0.4, -0.2) is 27.6 Å². The standard InChI is InChI=1S/C19H22F3NO3S2/c1-26-16-10-12-17(13-11-16)28(24,25)23-14-6-5-9-18(27-19(20,21)22)15-7-3-2-4-8-15/h2-4,7-8,10-13,18,23H,5-6,9,14H2,1H3. The number of hydrogen-bond donors (Lipinski definition) is 1. The van der Waals surface area contributed by atoms with E-state index in [-0.39, 0.29) is 23.2 Å². The zero-order chi connectivity index (χ0) is 20.6. The normalized spacial score (nSPS) is 13.3. The summed E-state index contributed by atoms with van der Waals surface area (Å²) in [6, 6.07) is 14.5. The van der Waals surface area contributed by atoms with E-state index in [1.165, 1.54) is 19.2 Å². The first-order chi connectivity index (χ1) is 13.2. The minimum Gasteiger partial charge on any atom is -0.497 e. The van der Waals surface area contributed by atoms with Gasteiger partial charge in [0.25, 0.3) is 0 Å². The molecule has 0 spiro atoms. The number of sulfonamides is 1. The fourth-order valence-corrected chi connectivity index (χ4v) is 4.60. The van der Waals surface area contributed by atoms with Crippen LogP contribution in [0.15, 0.2) is 59.5 Å². The molecule has 0 aliphatic heterocycles. The van der Waals surface area contributed by atoms with Crippen LogP contribution in [0.2, 0.25) is 0 Å². The fraction of sp³-hybridized carbons (Fsp3) is 0.368. The summed E-state index contributed by atoms with van der Waals surface area (Å²) in [7, 11) is -2.17. The predicted molar refractivity (Wildman–Crippen MR) is 105 cm³/mol. The molecule has 0 amide bonds. The Bertz CT molecular complexity index is 826. The number of alkyl halides is 3. The number of benzene rings is 2. The van der Waals surface area contributed by atoms with E-state index in [0.29, 0.717) is 30.6 Å². The Kier molecular flexibility index (Phi) is 8.21. The Labute approximate surface area is 167 Å². The molecule has 9 heteroatoms. The smallest absolute Gasteiger partial charge is 0.442 e. The molecule has 0 radical (unpaired) electrons. The van der Waals surface area contributed by atoms with Gasteiger partial charge in [0.2, 0.25) is 10.0 Å². The molecule has 28 heavy (non-hydrogen) atoms. The first-order valence-electron chi connectivity index (χ1n) is 8.64. The van der Waals surface area contributed by atoms with Gasteiger partial charge in [-0.1, -0.05) is 36.8 Å². The summed E-state index contributed by atoms with van der Waals surface area (Å²) >= 11 is -0.0316. The van der Waals surface area contributed by atoms with Crippen molar-refractivity contribution in [3.05, 3.63) is 60.2 Å². The van der Waals surface area contributed by atoms with Crippen molar-refractivity contribution in [3.63, 3.8) is 0 Å². The maximum absolute atomic E-state index is 12.8. The first kappa shape index (κ1) is 22.6. The molecule has 0 saturated carbocycles. The summed E-state index contributed by atoms with van der Waals surface area (Å²) in [5.74, 6) is 0.549. The van der Waals surface area contributed by atoms with Crippen LogP contribution in [0.4, 0.5) is 13.2 Å². The van der Waals surface area contributed by atoms with Gasteiger partial charge in [-0.25, -0.2) is 13.1 Å². The molecule has 0 aliphatic carbocycles. The van der Waals surface area contributed by atoms with Crippen molar-refractivity contribution >= 4 is 21.8 Å². The molecule has 4 nitrogen and oxygen atoms in total. The molecule has 2 aromatic carbocycles. The fourth-order valence-electron chi connectivity index (χ4n) is 2.62. The third-order valence-electron chi connectivity index (χ3n) is 4.00. The topological polar surface area (TPSA) is 55.4 Å². The van der Waals surface area contributed by atoms with Gasteiger partial charge in [0.15, 0.2) is 0 Å². The highest BCUT2D eigenvalue weighted by Crippen LogP contribution is 2.44. The van der Waals surface area contributed by atoms with Gasteiger partial charge in [-0.05, 0) is 54.4 Å². The van der Waals surface area contributed by atoms with Gasteiger partial charge < -0.3 is 4.74 Å². The van der Waals surface area contributed by atoms with E-state index in [4.69, 9.17) is 4.74 Å². The summed E-state index contributed by atoms with van der Waals surface area (Å²) in [5, 5.41) is -0.709. The molecule has 0 aliphatic rings. The average Bonchev–Trinajstić information content (AvgIpc) is 2.66. The molecule has 1 atom stereocenters. The van der Waals surface area contributed by atoms with Crippen molar-refractivity contribution in [2.75, 3.05) is 13.7 Å². The van der Waals surface area contributed by atoms with Crippen molar-refractivity contribution in [2.45, 2.75) is 34.9 Å². The van der Waals surface area contributed by atoms with Crippen LogP contribution in [0.1, 0.15) is 30.1 Å². The molecular formula is C19H22F3NO3S2.